The van der Waals surface area contributed by atoms with E-state index in [-0.39, 0.29) is 18.9 Å². The highest BCUT2D eigenvalue weighted by Gasteiger charge is 2.32. The number of nitrogens with one attached hydrogen (secondary N) is 1. The molecule has 114 valence electrons. The third-order valence-corrected chi connectivity index (χ3v) is 6.76. The fraction of sp³-hybridized carbons (Fsp3) is 0.667. The fourth-order valence-corrected chi connectivity index (χ4v) is 3.37. The number of aromatic amines is 1. The van der Waals surface area contributed by atoms with Gasteiger partial charge < -0.3 is 9.88 Å². The minimum atomic E-state index is -3.22. The van der Waals surface area contributed by atoms with Gasteiger partial charge in [-0.1, -0.05) is 0 Å². The number of sulfone groups is 1. The van der Waals surface area contributed by atoms with Crippen molar-refractivity contribution in [3.63, 3.8) is 0 Å². The number of likely N-dealkylation sites (N-methyl/N-ethyl adjacent to an activating group) is 1. The minimum absolute atomic E-state index is 0.116. The van der Waals surface area contributed by atoms with Crippen LogP contribution in [-0.4, -0.2) is 48.8 Å². The molecule has 1 N–H and O–H groups in total. The van der Waals surface area contributed by atoms with Crippen LogP contribution in [0.25, 0.3) is 0 Å². The summed E-state index contributed by atoms with van der Waals surface area (Å²) in [4.78, 5) is 17.5. The van der Waals surface area contributed by atoms with Gasteiger partial charge in [-0.3, -0.25) is 4.79 Å². The maximum atomic E-state index is 12.2. The van der Waals surface area contributed by atoms with Crippen LogP contribution >= 0.6 is 23.6 Å². The number of hydrogen-bond donors (Lipinski definition) is 1. The number of thiazole rings is 1. The molecule has 1 aromatic heterocycles. The number of carbonyl (C=O) groups is 1. The molecule has 8 heteroatoms. The summed E-state index contributed by atoms with van der Waals surface area (Å²) in [7, 11) is -1.60. The van der Waals surface area contributed by atoms with E-state index in [2.05, 4.69) is 4.98 Å². The van der Waals surface area contributed by atoms with Gasteiger partial charge >= 0.3 is 0 Å². The largest absolute Gasteiger partial charge is 0.344 e. The normalized spacial score (nSPS) is 12.4. The third kappa shape index (κ3) is 4.13. The lowest BCUT2D eigenvalue weighted by Crippen LogP contribution is -2.45. The number of hydrogen-bond acceptors (Lipinski definition) is 5. The number of rotatable bonds is 5. The summed E-state index contributed by atoms with van der Waals surface area (Å²) in [5.74, 6) is -0.116. The molecule has 0 aromatic carbocycles. The van der Waals surface area contributed by atoms with Crippen LogP contribution in [0.4, 0.5) is 0 Å². The Morgan fingerprint density at radius 3 is 2.40 bits per heavy atom. The van der Waals surface area contributed by atoms with Gasteiger partial charge in [0.15, 0.2) is 13.8 Å². The molecule has 1 aromatic rings. The van der Waals surface area contributed by atoms with Gasteiger partial charge in [0.2, 0.25) is 5.91 Å². The Morgan fingerprint density at radius 2 is 2.00 bits per heavy atom. The molecule has 5 nitrogen and oxygen atoms in total. The quantitative estimate of drug-likeness (QED) is 0.834. The Bertz CT molecular complexity index is 656. The number of aromatic nitrogens is 1. The fourth-order valence-electron chi connectivity index (χ4n) is 1.65. The van der Waals surface area contributed by atoms with E-state index in [1.165, 1.54) is 22.5 Å². The van der Waals surface area contributed by atoms with Gasteiger partial charge in [0.25, 0.3) is 0 Å². The molecule has 0 aliphatic carbocycles. The van der Waals surface area contributed by atoms with Crippen LogP contribution in [0, 0.1) is 10.9 Å². The summed E-state index contributed by atoms with van der Waals surface area (Å²) in [6, 6.07) is 0. The number of H-pyrrole nitrogens is 1. The summed E-state index contributed by atoms with van der Waals surface area (Å²) in [5, 5.41) is 0. The molecule has 1 rings (SSSR count). The second-order valence-electron chi connectivity index (χ2n) is 5.52. The number of nitrogens with zero attached hydrogens (tertiary/aromatic N) is 1. The molecule has 1 amide bonds. The van der Waals surface area contributed by atoms with Gasteiger partial charge in [0.1, 0.15) is 0 Å². The predicted molar refractivity (Wildman–Crippen MR) is 84.5 cm³/mol. The zero-order chi connectivity index (χ0) is 15.7. The summed E-state index contributed by atoms with van der Waals surface area (Å²) in [5.41, 5.74) is 0.893. The molecule has 0 bridgehead atoms. The molecule has 0 spiro atoms. The first-order chi connectivity index (χ1) is 8.94. The SMILES string of the molecule is Cc1[nH]c(=S)sc1CC(=O)N(C)CC(C)(C)S(C)(=O)=O. The highest BCUT2D eigenvalue weighted by atomic mass is 32.2. The van der Waals surface area contributed by atoms with E-state index in [0.29, 0.717) is 3.95 Å². The third-order valence-electron chi connectivity index (χ3n) is 3.28. The Morgan fingerprint density at radius 1 is 1.45 bits per heavy atom. The van der Waals surface area contributed by atoms with Crippen LogP contribution in [0.2, 0.25) is 0 Å². The summed E-state index contributed by atoms with van der Waals surface area (Å²) < 4.78 is 23.0. The van der Waals surface area contributed by atoms with Crippen molar-refractivity contribution in [2.45, 2.75) is 31.9 Å². The van der Waals surface area contributed by atoms with Crippen LogP contribution in [0.1, 0.15) is 24.4 Å². The van der Waals surface area contributed by atoms with Crippen LogP contribution in [0.3, 0.4) is 0 Å². The molecular formula is C12H20N2O3S3. The first-order valence-corrected chi connectivity index (χ1v) is 9.18. The zero-order valence-corrected chi connectivity index (χ0v) is 14.8. The van der Waals surface area contributed by atoms with Crippen LogP contribution in [0.5, 0.6) is 0 Å². The molecule has 0 aliphatic heterocycles. The van der Waals surface area contributed by atoms with Crippen molar-refractivity contribution < 1.29 is 13.2 Å². The predicted octanol–water partition coefficient (Wildman–Crippen LogP) is 1.94. The Balaban J connectivity index is 2.79. The van der Waals surface area contributed by atoms with E-state index in [4.69, 9.17) is 12.2 Å². The van der Waals surface area contributed by atoms with Gasteiger partial charge in [-0.05, 0) is 33.0 Å². The van der Waals surface area contributed by atoms with E-state index in [9.17, 15) is 13.2 Å². The lowest BCUT2D eigenvalue weighted by molar-refractivity contribution is -0.129. The topological polar surface area (TPSA) is 70.2 Å². The van der Waals surface area contributed by atoms with Crippen LogP contribution < -0.4 is 0 Å². The van der Waals surface area contributed by atoms with Gasteiger partial charge in [-0.25, -0.2) is 8.42 Å². The lowest BCUT2D eigenvalue weighted by Gasteiger charge is -2.28. The van der Waals surface area contributed by atoms with Crippen molar-refractivity contribution in [3.8, 4) is 0 Å². The standard InChI is InChI=1S/C12H20N2O3S3/c1-8-9(19-11(18)13-8)6-10(15)14(4)7-12(2,3)20(5,16)17/h6-7H2,1-5H3,(H,13,18). The van der Waals surface area contributed by atoms with Crippen molar-refractivity contribution in [2.24, 2.45) is 0 Å². The first kappa shape index (κ1) is 17.3. The highest BCUT2D eigenvalue weighted by Crippen LogP contribution is 2.19. The Kier molecular flexibility index (Phi) is 5.15. The lowest BCUT2D eigenvalue weighted by atomic mass is 10.2. The van der Waals surface area contributed by atoms with Gasteiger partial charge in [0.05, 0.1) is 11.2 Å². The molecule has 0 radical (unpaired) electrons. The number of carbonyl (C=O) groups excluding carboxylic acids is 1. The molecule has 0 saturated carbocycles. The molecule has 0 saturated heterocycles. The monoisotopic (exact) mass is 336 g/mol. The second-order valence-corrected chi connectivity index (χ2v) is 9.94. The maximum Gasteiger partial charge on any atom is 0.227 e. The highest BCUT2D eigenvalue weighted by molar-refractivity contribution is 7.92. The number of amides is 1. The van der Waals surface area contributed by atoms with Crippen molar-refractivity contribution >= 4 is 39.3 Å². The maximum absolute atomic E-state index is 12.2. The van der Waals surface area contributed by atoms with E-state index in [1.54, 1.807) is 20.9 Å². The van der Waals surface area contributed by atoms with Gasteiger partial charge in [-0.15, -0.1) is 11.3 Å². The first-order valence-electron chi connectivity index (χ1n) is 6.06. The van der Waals surface area contributed by atoms with Gasteiger partial charge in [-0.2, -0.15) is 0 Å². The van der Waals surface area contributed by atoms with E-state index < -0.39 is 14.6 Å². The van der Waals surface area contributed by atoms with Crippen molar-refractivity contribution in [1.82, 2.24) is 9.88 Å². The second kappa shape index (κ2) is 5.95. The van der Waals surface area contributed by atoms with Crippen molar-refractivity contribution in [2.75, 3.05) is 19.8 Å². The average molecular weight is 337 g/mol. The van der Waals surface area contributed by atoms with E-state index >= 15 is 0 Å². The van der Waals surface area contributed by atoms with E-state index in [1.807, 2.05) is 6.92 Å². The molecule has 0 unspecified atom stereocenters. The molecule has 0 fully saturated rings. The van der Waals surface area contributed by atoms with Crippen molar-refractivity contribution in [3.05, 3.63) is 14.5 Å². The molecular weight excluding hydrogens is 316 g/mol. The smallest absolute Gasteiger partial charge is 0.227 e. The van der Waals surface area contributed by atoms with Gasteiger partial charge in [0, 0.05) is 30.4 Å². The summed E-state index contributed by atoms with van der Waals surface area (Å²) in [6.45, 7) is 5.28. The molecule has 0 aliphatic rings. The zero-order valence-electron chi connectivity index (χ0n) is 12.3. The Labute approximate surface area is 128 Å². The summed E-state index contributed by atoms with van der Waals surface area (Å²) >= 11 is 6.41. The molecule has 1 heterocycles. The van der Waals surface area contributed by atoms with E-state index in [0.717, 1.165) is 10.6 Å². The Hall–Kier alpha value is -0.730. The average Bonchev–Trinajstić information content (AvgIpc) is 2.54. The molecule has 0 atom stereocenters. The van der Waals surface area contributed by atoms with Crippen LogP contribution in [0.15, 0.2) is 0 Å². The minimum Gasteiger partial charge on any atom is -0.344 e. The van der Waals surface area contributed by atoms with Crippen molar-refractivity contribution in [1.29, 1.82) is 0 Å². The van der Waals surface area contributed by atoms with Crippen LogP contribution in [-0.2, 0) is 21.1 Å². The number of aryl methyl sites for hydroxylation is 1. The molecule has 20 heavy (non-hydrogen) atoms. The summed E-state index contributed by atoms with van der Waals surface area (Å²) in [6.07, 6.45) is 1.42.